The molecule has 2 N–H and O–H groups in total. The summed E-state index contributed by atoms with van der Waals surface area (Å²) in [5.41, 5.74) is 0.366. The van der Waals surface area contributed by atoms with Gasteiger partial charge in [-0.25, -0.2) is 8.78 Å². The first kappa shape index (κ1) is 10.4. The van der Waals surface area contributed by atoms with Crippen molar-refractivity contribution in [3.63, 3.8) is 0 Å². The monoisotopic (exact) mass is 212 g/mol. The average molecular weight is 212 g/mol. The molecule has 1 aliphatic heterocycles. The molecular weight excluding hydrogens is 198 g/mol. The number of halogens is 2. The van der Waals surface area contributed by atoms with E-state index in [1.54, 1.807) is 0 Å². The number of hydrogen-bond donors (Lipinski definition) is 2. The first-order valence-electron chi connectivity index (χ1n) is 5.18. The number of hydrogen-bond acceptors (Lipinski definition) is 2. The summed E-state index contributed by atoms with van der Waals surface area (Å²) in [6, 6.07) is 3.98. The van der Waals surface area contributed by atoms with Gasteiger partial charge in [0.25, 0.3) is 0 Å². The van der Waals surface area contributed by atoms with E-state index in [1.165, 1.54) is 12.1 Å². The largest absolute Gasteiger partial charge is 0.381 e. The topological polar surface area (TPSA) is 24.1 Å². The van der Waals surface area contributed by atoms with Crippen LogP contribution < -0.4 is 10.6 Å². The summed E-state index contributed by atoms with van der Waals surface area (Å²) < 4.78 is 25.8. The molecule has 2 nitrogen and oxygen atoms in total. The van der Waals surface area contributed by atoms with Crippen LogP contribution in [0.1, 0.15) is 12.8 Å². The third-order valence-electron chi connectivity index (χ3n) is 2.63. The second kappa shape index (κ2) is 4.57. The Morgan fingerprint density at radius 3 is 2.93 bits per heavy atom. The van der Waals surface area contributed by atoms with E-state index in [9.17, 15) is 8.78 Å². The fraction of sp³-hybridized carbons (Fsp3) is 0.455. The maximum absolute atomic E-state index is 13.2. The Morgan fingerprint density at radius 2 is 2.27 bits per heavy atom. The van der Waals surface area contributed by atoms with Crippen LogP contribution in [0.15, 0.2) is 18.2 Å². The van der Waals surface area contributed by atoms with Gasteiger partial charge in [-0.2, -0.15) is 0 Å². The molecule has 1 saturated heterocycles. The van der Waals surface area contributed by atoms with E-state index >= 15 is 0 Å². The molecule has 2 rings (SSSR count). The highest BCUT2D eigenvalue weighted by Crippen LogP contribution is 2.15. The maximum Gasteiger partial charge on any atom is 0.149 e. The molecule has 0 amide bonds. The molecule has 0 saturated carbocycles. The molecule has 1 heterocycles. The minimum atomic E-state index is -0.544. The Kier molecular flexibility index (Phi) is 3.16. The van der Waals surface area contributed by atoms with Crippen LogP contribution >= 0.6 is 0 Å². The van der Waals surface area contributed by atoms with Crippen molar-refractivity contribution in [1.82, 2.24) is 5.32 Å². The van der Waals surface area contributed by atoms with Gasteiger partial charge in [0.15, 0.2) is 0 Å². The molecule has 82 valence electrons. The molecule has 1 aliphatic rings. The zero-order valence-corrected chi connectivity index (χ0v) is 8.39. The van der Waals surface area contributed by atoms with Crippen molar-refractivity contribution in [2.45, 2.75) is 18.9 Å². The van der Waals surface area contributed by atoms with Gasteiger partial charge in [0, 0.05) is 18.7 Å². The van der Waals surface area contributed by atoms with Crippen molar-refractivity contribution in [2.24, 2.45) is 0 Å². The molecule has 1 fully saturated rings. The molecule has 1 aromatic carbocycles. The molecular formula is C11H14F2N2. The maximum atomic E-state index is 13.2. The van der Waals surface area contributed by atoms with Crippen LogP contribution in [-0.4, -0.2) is 19.1 Å². The molecule has 4 heteroatoms. The van der Waals surface area contributed by atoms with Gasteiger partial charge in [-0.3, -0.25) is 0 Å². The van der Waals surface area contributed by atoms with Gasteiger partial charge < -0.3 is 10.6 Å². The summed E-state index contributed by atoms with van der Waals surface area (Å²) in [6.07, 6.45) is 2.27. The highest BCUT2D eigenvalue weighted by Gasteiger charge is 2.14. The van der Waals surface area contributed by atoms with E-state index in [1.807, 2.05) is 0 Å². The van der Waals surface area contributed by atoms with E-state index in [-0.39, 0.29) is 0 Å². The lowest BCUT2D eigenvalue weighted by Gasteiger charge is -2.12. The summed E-state index contributed by atoms with van der Waals surface area (Å²) in [7, 11) is 0. The fourth-order valence-corrected chi connectivity index (χ4v) is 1.80. The van der Waals surface area contributed by atoms with Gasteiger partial charge in [-0.15, -0.1) is 0 Å². The lowest BCUT2D eigenvalue weighted by atomic mass is 10.2. The zero-order valence-electron chi connectivity index (χ0n) is 8.39. The van der Waals surface area contributed by atoms with Crippen molar-refractivity contribution >= 4 is 5.69 Å². The normalized spacial score (nSPS) is 20.5. The van der Waals surface area contributed by atoms with Gasteiger partial charge in [0.2, 0.25) is 0 Å². The minimum Gasteiger partial charge on any atom is -0.381 e. The summed E-state index contributed by atoms with van der Waals surface area (Å²) in [6.45, 7) is 1.71. The Balaban J connectivity index is 1.92. The minimum absolute atomic E-state index is 0.366. The van der Waals surface area contributed by atoms with Crippen molar-refractivity contribution in [2.75, 3.05) is 18.4 Å². The van der Waals surface area contributed by atoms with Crippen molar-refractivity contribution in [3.8, 4) is 0 Å². The number of benzene rings is 1. The van der Waals surface area contributed by atoms with Crippen LogP contribution in [0.4, 0.5) is 14.5 Å². The predicted molar refractivity (Wildman–Crippen MR) is 55.9 cm³/mol. The Morgan fingerprint density at radius 1 is 1.40 bits per heavy atom. The molecule has 1 atom stereocenters. The lowest BCUT2D eigenvalue weighted by Crippen LogP contribution is -2.29. The molecule has 1 aromatic rings. The first-order chi connectivity index (χ1) is 7.25. The highest BCUT2D eigenvalue weighted by molar-refractivity contribution is 5.44. The zero-order chi connectivity index (χ0) is 10.7. The quantitative estimate of drug-likeness (QED) is 0.802. The van der Waals surface area contributed by atoms with Gasteiger partial charge in [0.05, 0.1) is 5.69 Å². The van der Waals surface area contributed by atoms with Gasteiger partial charge in [-0.05, 0) is 31.5 Å². The third kappa shape index (κ3) is 2.65. The average Bonchev–Trinajstić information content (AvgIpc) is 2.69. The summed E-state index contributed by atoms with van der Waals surface area (Å²) in [5, 5.41) is 6.28. The molecule has 1 unspecified atom stereocenters. The predicted octanol–water partition coefficient (Wildman–Crippen LogP) is 2.13. The highest BCUT2D eigenvalue weighted by atomic mass is 19.1. The summed E-state index contributed by atoms with van der Waals surface area (Å²) >= 11 is 0. The summed E-state index contributed by atoms with van der Waals surface area (Å²) in [4.78, 5) is 0. The van der Waals surface area contributed by atoms with Crippen LogP contribution in [0.2, 0.25) is 0 Å². The number of anilines is 1. The van der Waals surface area contributed by atoms with E-state index in [0.29, 0.717) is 18.3 Å². The Hall–Kier alpha value is -1.16. The van der Waals surface area contributed by atoms with Crippen LogP contribution in [0.3, 0.4) is 0 Å². The Labute approximate surface area is 87.7 Å². The van der Waals surface area contributed by atoms with Crippen LogP contribution in [0.5, 0.6) is 0 Å². The molecule has 0 spiro atoms. The molecule has 0 radical (unpaired) electrons. The van der Waals surface area contributed by atoms with Crippen molar-refractivity contribution < 1.29 is 8.78 Å². The van der Waals surface area contributed by atoms with E-state index in [2.05, 4.69) is 10.6 Å². The van der Waals surface area contributed by atoms with E-state index in [4.69, 9.17) is 0 Å². The summed E-state index contributed by atoms with van der Waals surface area (Å²) in [5.74, 6) is -1.08. The molecule has 0 aliphatic carbocycles. The van der Waals surface area contributed by atoms with E-state index < -0.39 is 11.6 Å². The van der Waals surface area contributed by atoms with Crippen LogP contribution in [0.25, 0.3) is 0 Å². The lowest BCUT2D eigenvalue weighted by molar-refractivity contribution is 0.581. The smallest absolute Gasteiger partial charge is 0.149 e. The standard InChI is InChI=1S/C11H14F2N2/c12-8-3-4-11(10(13)6-8)15-7-9-2-1-5-14-9/h3-4,6,9,14-15H,1-2,5,7H2. The second-order valence-electron chi connectivity index (χ2n) is 3.80. The first-order valence-corrected chi connectivity index (χ1v) is 5.18. The molecule has 0 bridgehead atoms. The SMILES string of the molecule is Fc1ccc(NCC2CCCN2)c(F)c1. The van der Waals surface area contributed by atoms with Gasteiger partial charge in [-0.1, -0.05) is 0 Å². The van der Waals surface area contributed by atoms with Crippen LogP contribution in [0, 0.1) is 11.6 Å². The molecule has 15 heavy (non-hydrogen) atoms. The van der Waals surface area contributed by atoms with Gasteiger partial charge >= 0.3 is 0 Å². The second-order valence-corrected chi connectivity index (χ2v) is 3.80. The van der Waals surface area contributed by atoms with Crippen LogP contribution in [-0.2, 0) is 0 Å². The fourth-order valence-electron chi connectivity index (χ4n) is 1.80. The molecule has 0 aromatic heterocycles. The van der Waals surface area contributed by atoms with Gasteiger partial charge in [0.1, 0.15) is 11.6 Å². The van der Waals surface area contributed by atoms with Crippen molar-refractivity contribution in [1.29, 1.82) is 0 Å². The third-order valence-corrected chi connectivity index (χ3v) is 2.63. The number of nitrogens with one attached hydrogen (secondary N) is 2. The number of rotatable bonds is 3. The Bertz CT molecular complexity index is 335. The van der Waals surface area contributed by atoms with E-state index in [0.717, 1.165) is 25.5 Å². The van der Waals surface area contributed by atoms with Crippen molar-refractivity contribution in [3.05, 3.63) is 29.8 Å².